The Morgan fingerprint density at radius 3 is 2.56 bits per heavy atom. The van der Waals surface area contributed by atoms with Crippen LogP contribution in [0, 0.1) is 0 Å². The summed E-state index contributed by atoms with van der Waals surface area (Å²) >= 11 is 0. The Bertz CT molecular complexity index is 535. The lowest BCUT2D eigenvalue weighted by Crippen LogP contribution is -2.14. The molecule has 6 heteroatoms. The molecule has 0 aliphatic carbocycles. The van der Waals surface area contributed by atoms with Crippen LogP contribution in [0.1, 0.15) is 6.92 Å². The predicted molar refractivity (Wildman–Crippen MR) is 61.3 cm³/mol. The number of carbonyl (C=O) groups excluding carboxylic acids is 1. The number of nitrogens with one attached hydrogen (secondary N) is 1. The SMILES string of the molecule is C=C(C)C(=O)Nc1cccc(S(N)(=O)=O)c1. The monoisotopic (exact) mass is 240 g/mol. The topological polar surface area (TPSA) is 89.3 Å². The first kappa shape index (κ1) is 12.4. The van der Waals surface area contributed by atoms with Crippen molar-refractivity contribution in [3.05, 3.63) is 36.4 Å². The van der Waals surface area contributed by atoms with E-state index in [4.69, 9.17) is 5.14 Å². The van der Waals surface area contributed by atoms with E-state index < -0.39 is 10.0 Å². The summed E-state index contributed by atoms with van der Waals surface area (Å²) in [5, 5.41) is 7.45. The molecule has 5 nitrogen and oxygen atoms in total. The third-order valence-electron chi connectivity index (χ3n) is 1.81. The van der Waals surface area contributed by atoms with E-state index >= 15 is 0 Å². The van der Waals surface area contributed by atoms with Crippen LogP contribution in [0.2, 0.25) is 0 Å². The Morgan fingerprint density at radius 1 is 1.44 bits per heavy atom. The number of benzene rings is 1. The van der Waals surface area contributed by atoms with Gasteiger partial charge in [0, 0.05) is 11.3 Å². The highest BCUT2D eigenvalue weighted by Gasteiger charge is 2.09. The van der Waals surface area contributed by atoms with Crippen LogP contribution in [0.5, 0.6) is 0 Å². The van der Waals surface area contributed by atoms with Crippen molar-refractivity contribution in [1.82, 2.24) is 0 Å². The number of anilines is 1. The summed E-state index contributed by atoms with van der Waals surface area (Å²) in [6, 6.07) is 5.70. The van der Waals surface area contributed by atoms with Gasteiger partial charge in [-0.05, 0) is 25.1 Å². The first-order chi connectivity index (χ1) is 7.30. The van der Waals surface area contributed by atoms with Gasteiger partial charge in [0.05, 0.1) is 4.90 Å². The molecule has 16 heavy (non-hydrogen) atoms. The molecular weight excluding hydrogens is 228 g/mol. The Kier molecular flexibility index (Phi) is 3.46. The van der Waals surface area contributed by atoms with E-state index in [1.54, 1.807) is 13.0 Å². The summed E-state index contributed by atoms with van der Waals surface area (Å²) in [7, 11) is -3.76. The molecule has 0 aromatic heterocycles. The summed E-state index contributed by atoms with van der Waals surface area (Å²) in [6.07, 6.45) is 0. The van der Waals surface area contributed by atoms with Crippen molar-refractivity contribution >= 4 is 21.6 Å². The largest absolute Gasteiger partial charge is 0.322 e. The van der Waals surface area contributed by atoms with Gasteiger partial charge in [0.25, 0.3) is 5.91 Å². The van der Waals surface area contributed by atoms with Crippen molar-refractivity contribution in [3.63, 3.8) is 0 Å². The third kappa shape index (κ3) is 3.18. The first-order valence-electron chi connectivity index (χ1n) is 4.40. The number of amides is 1. The molecule has 1 aromatic rings. The van der Waals surface area contributed by atoms with E-state index in [-0.39, 0.29) is 10.8 Å². The molecule has 0 bridgehead atoms. The van der Waals surface area contributed by atoms with Gasteiger partial charge in [-0.25, -0.2) is 13.6 Å². The molecule has 1 rings (SSSR count). The molecule has 0 unspecified atom stereocenters. The van der Waals surface area contributed by atoms with E-state index in [0.717, 1.165) is 0 Å². The zero-order valence-corrected chi connectivity index (χ0v) is 9.54. The normalized spacial score (nSPS) is 10.9. The molecule has 0 saturated heterocycles. The summed E-state index contributed by atoms with van der Waals surface area (Å²) in [5.41, 5.74) is 0.695. The van der Waals surface area contributed by atoms with E-state index in [2.05, 4.69) is 11.9 Å². The van der Waals surface area contributed by atoms with Gasteiger partial charge in [0.15, 0.2) is 0 Å². The molecule has 0 heterocycles. The Labute approximate surface area is 94.0 Å². The maximum atomic E-state index is 11.3. The standard InChI is InChI=1S/C10H12N2O3S/c1-7(2)10(13)12-8-4-3-5-9(6-8)16(11,14)15/h3-6H,1H2,2H3,(H,12,13)(H2,11,14,15). The maximum absolute atomic E-state index is 11.3. The fraction of sp³-hybridized carbons (Fsp3) is 0.100. The minimum absolute atomic E-state index is 0.0491. The zero-order chi connectivity index (χ0) is 12.3. The van der Waals surface area contributed by atoms with Gasteiger partial charge < -0.3 is 5.32 Å². The average molecular weight is 240 g/mol. The van der Waals surface area contributed by atoms with Crippen molar-refractivity contribution in [2.75, 3.05) is 5.32 Å². The van der Waals surface area contributed by atoms with Crippen LogP contribution in [0.15, 0.2) is 41.3 Å². The number of rotatable bonds is 3. The molecular formula is C10H12N2O3S. The van der Waals surface area contributed by atoms with Crippen LogP contribution in [-0.2, 0) is 14.8 Å². The van der Waals surface area contributed by atoms with Crippen LogP contribution in [0.25, 0.3) is 0 Å². The smallest absolute Gasteiger partial charge is 0.250 e. The molecule has 0 radical (unpaired) electrons. The summed E-state index contributed by atoms with van der Waals surface area (Å²) in [5.74, 6) is -0.369. The lowest BCUT2D eigenvalue weighted by atomic mass is 10.3. The summed E-state index contributed by atoms with van der Waals surface area (Å²) in [6.45, 7) is 5.02. The van der Waals surface area contributed by atoms with Crippen LogP contribution in [0.4, 0.5) is 5.69 Å². The molecule has 1 amide bonds. The van der Waals surface area contributed by atoms with Gasteiger partial charge in [-0.2, -0.15) is 0 Å². The molecule has 0 aliphatic heterocycles. The van der Waals surface area contributed by atoms with Crippen molar-refractivity contribution in [1.29, 1.82) is 0 Å². The number of sulfonamides is 1. The Hall–Kier alpha value is -1.66. The van der Waals surface area contributed by atoms with E-state index in [1.807, 2.05) is 0 Å². The van der Waals surface area contributed by atoms with Gasteiger partial charge in [0.2, 0.25) is 10.0 Å². The van der Waals surface area contributed by atoms with Crippen LogP contribution in [0.3, 0.4) is 0 Å². The second kappa shape index (κ2) is 4.46. The molecule has 1 aromatic carbocycles. The van der Waals surface area contributed by atoms with Gasteiger partial charge >= 0.3 is 0 Å². The molecule has 0 saturated carbocycles. The van der Waals surface area contributed by atoms with Crippen LogP contribution < -0.4 is 10.5 Å². The number of carbonyl (C=O) groups is 1. The van der Waals surface area contributed by atoms with Gasteiger partial charge in [0.1, 0.15) is 0 Å². The summed E-state index contributed by atoms with van der Waals surface area (Å²) in [4.78, 5) is 11.2. The highest BCUT2D eigenvalue weighted by molar-refractivity contribution is 7.89. The number of nitrogens with two attached hydrogens (primary N) is 1. The van der Waals surface area contributed by atoms with Gasteiger partial charge in [-0.3, -0.25) is 4.79 Å². The minimum atomic E-state index is -3.76. The van der Waals surface area contributed by atoms with E-state index in [1.165, 1.54) is 18.2 Å². The lowest BCUT2D eigenvalue weighted by molar-refractivity contribution is -0.112. The van der Waals surface area contributed by atoms with E-state index in [9.17, 15) is 13.2 Å². The average Bonchev–Trinajstić information content (AvgIpc) is 2.16. The highest BCUT2D eigenvalue weighted by Crippen LogP contribution is 2.14. The number of hydrogen-bond acceptors (Lipinski definition) is 3. The van der Waals surface area contributed by atoms with E-state index in [0.29, 0.717) is 11.3 Å². The maximum Gasteiger partial charge on any atom is 0.250 e. The molecule has 0 fully saturated rings. The quantitative estimate of drug-likeness (QED) is 0.767. The fourth-order valence-electron chi connectivity index (χ4n) is 0.989. The predicted octanol–water partition coefficient (Wildman–Crippen LogP) is 0.849. The van der Waals surface area contributed by atoms with Gasteiger partial charge in [-0.1, -0.05) is 12.6 Å². The molecule has 0 spiro atoms. The molecule has 3 N–H and O–H groups in total. The van der Waals surface area contributed by atoms with Gasteiger partial charge in [-0.15, -0.1) is 0 Å². The second-order valence-electron chi connectivity index (χ2n) is 3.31. The second-order valence-corrected chi connectivity index (χ2v) is 4.87. The van der Waals surface area contributed by atoms with Crippen molar-refractivity contribution in [2.24, 2.45) is 5.14 Å². The molecule has 86 valence electrons. The fourth-order valence-corrected chi connectivity index (χ4v) is 1.55. The van der Waals surface area contributed by atoms with Crippen LogP contribution >= 0.6 is 0 Å². The minimum Gasteiger partial charge on any atom is -0.322 e. The Balaban J connectivity index is 3.01. The van der Waals surface area contributed by atoms with Crippen molar-refractivity contribution < 1.29 is 13.2 Å². The number of hydrogen-bond donors (Lipinski definition) is 2. The molecule has 0 aliphatic rings. The number of primary sulfonamides is 1. The van der Waals surface area contributed by atoms with Crippen molar-refractivity contribution in [3.8, 4) is 0 Å². The Morgan fingerprint density at radius 2 is 2.06 bits per heavy atom. The van der Waals surface area contributed by atoms with Crippen LogP contribution in [-0.4, -0.2) is 14.3 Å². The summed E-state index contributed by atoms with van der Waals surface area (Å²) < 4.78 is 22.1. The van der Waals surface area contributed by atoms with Crippen molar-refractivity contribution in [2.45, 2.75) is 11.8 Å². The zero-order valence-electron chi connectivity index (χ0n) is 8.73. The molecule has 0 atom stereocenters. The first-order valence-corrected chi connectivity index (χ1v) is 5.95. The third-order valence-corrected chi connectivity index (χ3v) is 2.72. The highest BCUT2D eigenvalue weighted by atomic mass is 32.2. The lowest BCUT2D eigenvalue weighted by Gasteiger charge is -2.05.